The van der Waals surface area contributed by atoms with Crippen LogP contribution in [0.5, 0.6) is 0 Å². The third kappa shape index (κ3) is 1.84. The van der Waals surface area contributed by atoms with Gasteiger partial charge in [-0.3, -0.25) is 0 Å². The van der Waals surface area contributed by atoms with Crippen molar-refractivity contribution in [3.8, 4) is 0 Å². The third-order valence-electron chi connectivity index (χ3n) is 2.35. The van der Waals surface area contributed by atoms with Crippen LogP contribution in [0.25, 0.3) is 0 Å². The summed E-state index contributed by atoms with van der Waals surface area (Å²) >= 11 is 0. The fraction of sp³-hybridized carbons (Fsp3) is 0.250. The SMILES string of the molecule is CCn1ccnc1Cc1ccccc1. The van der Waals surface area contributed by atoms with E-state index in [2.05, 4.69) is 40.7 Å². The van der Waals surface area contributed by atoms with Gasteiger partial charge in [-0.25, -0.2) is 4.98 Å². The fourth-order valence-electron chi connectivity index (χ4n) is 1.57. The molecule has 0 N–H and O–H groups in total. The first-order chi connectivity index (χ1) is 6.90. The predicted octanol–water partition coefficient (Wildman–Crippen LogP) is 2.49. The largest absolute Gasteiger partial charge is 0.335 e. The van der Waals surface area contributed by atoms with E-state index in [1.807, 2.05) is 18.5 Å². The van der Waals surface area contributed by atoms with Gasteiger partial charge in [0, 0.05) is 25.4 Å². The summed E-state index contributed by atoms with van der Waals surface area (Å²) in [6.45, 7) is 3.12. The highest BCUT2D eigenvalue weighted by molar-refractivity contribution is 5.19. The summed E-state index contributed by atoms with van der Waals surface area (Å²) in [4.78, 5) is 4.35. The number of hydrogen-bond donors (Lipinski definition) is 0. The number of aromatic nitrogens is 2. The molecule has 2 heteroatoms. The molecule has 2 nitrogen and oxygen atoms in total. The van der Waals surface area contributed by atoms with E-state index < -0.39 is 0 Å². The zero-order valence-corrected chi connectivity index (χ0v) is 8.35. The minimum absolute atomic E-state index is 0.918. The molecule has 2 rings (SSSR count). The first kappa shape index (κ1) is 9.00. The Bertz CT molecular complexity index is 390. The Balaban J connectivity index is 2.19. The van der Waals surface area contributed by atoms with E-state index in [0.717, 1.165) is 18.8 Å². The van der Waals surface area contributed by atoms with Gasteiger partial charge in [-0.1, -0.05) is 30.3 Å². The molecule has 0 fully saturated rings. The summed E-state index contributed by atoms with van der Waals surface area (Å²) in [7, 11) is 0. The summed E-state index contributed by atoms with van der Waals surface area (Å²) < 4.78 is 2.17. The van der Waals surface area contributed by atoms with Crippen molar-refractivity contribution in [3.63, 3.8) is 0 Å². The topological polar surface area (TPSA) is 17.8 Å². The van der Waals surface area contributed by atoms with Crippen LogP contribution >= 0.6 is 0 Å². The molecular weight excluding hydrogens is 172 g/mol. The first-order valence-corrected chi connectivity index (χ1v) is 4.94. The summed E-state index contributed by atoms with van der Waals surface area (Å²) in [5.41, 5.74) is 1.31. The first-order valence-electron chi connectivity index (χ1n) is 4.94. The van der Waals surface area contributed by atoms with Crippen LogP contribution in [-0.2, 0) is 13.0 Å². The molecule has 1 aromatic carbocycles. The lowest BCUT2D eigenvalue weighted by Gasteiger charge is -2.04. The van der Waals surface area contributed by atoms with Crippen molar-refractivity contribution >= 4 is 0 Å². The van der Waals surface area contributed by atoms with Gasteiger partial charge in [0.2, 0.25) is 0 Å². The minimum Gasteiger partial charge on any atom is -0.335 e. The molecule has 72 valence electrons. The average Bonchev–Trinajstić information content (AvgIpc) is 2.67. The van der Waals surface area contributed by atoms with E-state index in [4.69, 9.17) is 0 Å². The average molecular weight is 186 g/mol. The van der Waals surface area contributed by atoms with Crippen molar-refractivity contribution in [2.75, 3.05) is 0 Å². The van der Waals surface area contributed by atoms with Gasteiger partial charge in [-0.05, 0) is 12.5 Å². The Morgan fingerprint density at radius 2 is 2.00 bits per heavy atom. The summed E-state index contributed by atoms with van der Waals surface area (Å²) in [6.07, 6.45) is 4.81. The number of benzene rings is 1. The molecule has 0 atom stereocenters. The van der Waals surface area contributed by atoms with Gasteiger partial charge >= 0.3 is 0 Å². The molecular formula is C12H14N2. The number of nitrogens with zero attached hydrogens (tertiary/aromatic N) is 2. The monoisotopic (exact) mass is 186 g/mol. The summed E-state index contributed by atoms with van der Waals surface area (Å²) in [6, 6.07) is 10.4. The van der Waals surface area contributed by atoms with Crippen molar-refractivity contribution in [1.29, 1.82) is 0 Å². The van der Waals surface area contributed by atoms with Crippen LogP contribution in [0.2, 0.25) is 0 Å². The van der Waals surface area contributed by atoms with Crippen LogP contribution in [0.1, 0.15) is 18.3 Å². The number of imidazole rings is 1. The molecule has 1 aromatic heterocycles. The quantitative estimate of drug-likeness (QED) is 0.720. The Labute approximate surface area is 84.2 Å². The molecule has 0 bridgehead atoms. The van der Waals surface area contributed by atoms with Gasteiger partial charge < -0.3 is 4.57 Å². The molecule has 0 amide bonds. The molecule has 2 aromatic rings. The summed E-state index contributed by atoms with van der Waals surface area (Å²) in [5, 5.41) is 0. The Morgan fingerprint density at radius 3 is 2.71 bits per heavy atom. The van der Waals surface area contributed by atoms with Gasteiger partial charge in [-0.15, -0.1) is 0 Å². The van der Waals surface area contributed by atoms with Gasteiger partial charge in [0.1, 0.15) is 5.82 Å². The molecule has 1 heterocycles. The van der Waals surface area contributed by atoms with Gasteiger partial charge in [0.15, 0.2) is 0 Å². The molecule has 14 heavy (non-hydrogen) atoms. The fourth-order valence-corrected chi connectivity index (χ4v) is 1.57. The summed E-state index contributed by atoms with van der Waals surface area (Å²) in [5.74, 6) is 1.14. The van der Waals surface area contributed by atoms with Crippen LogP contribution in [0.15, 0.2) is 42.7 Å². The van der Waals surface area contributed by atoms with Crippen LogP contribution in [0, 0.1) is 0 Å². The van der Waals surface area contributed by atoms with Gasteiger partial charge in [0.25, 0.3) is 0 Å². The van der Waals surface area contributed by atoms with E-state index in [9.17, 15) is 0 Å². The zero-order chi connectivity index (χ0) is 9.80. The van der Waals surface area contributed by atoms with Gasteiger partial charge in [-0.2, -0.15) is 0 Å². The van der Waals surface area contributed by atoms with E-state index in [0.29, 0.717) is 0 Å². The van der Waals surface area contributed by atoms with Gasteiger partial charge in [0.05, 0.1) is 0 Å². The van der Waals surface area contributed by atoms with Crippen LogP contribution in [0.4, 0.5) is 0 Å². The van der Waals surface area contributed by atoms with E-state index in [1.165, 1.54) is 5.56 Å². The molecule has 0 saturated carbocycles. The standard InChI is InChI=1S/C12H14N2/c1-2-14-9-8-13-12(14)10-11-6-4-3-5-7-11/h3-9H,2,10H2,1H3. The van der Waals surface area contributed by atoms with E-state index >= 15 is 0 Å². The number of aryl methyl sites for hydroxylation is 1. The molecule has 0 radical (unpaired) electrons. The molecule has 0 saturated heterocycles. The maximum atomic E-state index is 4.35. The van der Waals surface area contributed by atoms with Crippen molar-refractivity contribution in [1.82, 2.24) is 9.55 Å². The number of hydrogen-bond acceptors (Lipinski definition) is 1. The highest BCUT2D eigenvalue weighted by Gasteiger charge is 2.01. The Hall–Kier alpha value is -1.57. The number of rotatable bonds is 3. The van der Waals surface area contributed by atoms with Crippen LogP contribution < -0.4 is 0 Å². The maximum Gasteiger partial charge on any atom is 0.113 e. The molecule has 0 aliphatic carbocycles. The normalized spacial score (nSPS) is 10.4. The smallest absolute Gasteiger partial charge is 0.113 e. The van der Waals surface area contributed by atoms with Crippen molar-refractivity contribution in [2.24, 2.45) is 0 Å². The highest BCUT2D eigenvalue weighted by atomic mass is 15.0. The van der Waals surface area contributed by atoms with E-state index in [-0.39, 0.29) is 0 Å². The molecule has 0 aliphatic rings. The Morgan fingerprint density at radius 1 is 1.21 bits per heavy atom. The second kappa shape index (κ2) is 4.09. The minimum atomic E-state index is 0.918. The Kier molecular flexibility index (Phi) is 2.63. The third-order valence-corrected chi connectivity index (χ3v) is 2.35. The highest BCUT2D eigenvalue weighted by Crippen LogP contribution is 2.07. The van der Waals surface area contributed by atoms with E-state index in [1.54, 1.807) is 0 Å². The van der Waals surface area contributed by atoms with Crippen molar-refractivity contribution < 1.29 is 0 Å². The van der Waals surface area contributed by atoms with Crippen LogP contribution in [-0.4, -0.2) is 9.55 Å². The van der Waals surface area contributed by atoms with Crippen molar-refractivity contribution in [3.05, 3.63) is 54.1 Å². The lowest BCUT2D eigenvalue weighted by molar-refractivity contribution is 0.712. The molecule has 0 unspecified atom stereocenters. The molecule has 0 aliphatic heterocycles. The predicted molar refractivity (Wildman–Crippen MR) is 57.1 cm³/mol. The molecule has 0 spiro atoms. The second-order valence-electron chi connectivity index (χ2n) is 3.29. The lowest BCUT2D eigenvalue weighted by atomic mass is 10.1. The maximum absolute atomic E-state index is 4.35. The lowest BCUT2D eigenvalue weighted by Crippen LogP contribution is -2.01. The van der Waals surface area contributed by atoms with Crippen molar-refractivity contribution in [2.45, 2.75) is 19.9 Å². The zero-order valence-electron chi connectivity index (χ0n) is 8.35. The second-order valence-corrected chi connectivity index (χ2v) is 3.29. The van der Waals surface area contributed by atoms with Crippen LogP contribution in [0.3, 0.4) is 0 Å².